The van der Waals surface area contributed by atoms with Gasteiger partial charge < -0.3 is 10.2 Å². The van der Waals surface area contributed by atoms with Gasteiger partial charge in [-0.1, -0.05) is 44.7 Å². The molecule has 0 heterocycles. The number of amides is 1. The third-order valence-electron chi connectivity index (χ3n) is 4.06. The van der Waals surface area contributed by atoms with E-state index in [4.69, 9.17) is 0 Å². The molecule has 25 heavy (non-hydrogen) atoms. The molecular weight excluding hydrogens is 352 g/mol. The van der Waals surface area contributed by atoms with Crippen molar-refractivity contribution in [3.05, 3.63) is 29.8 Å². The Labute approximate surface area is 161 Å². The van der Waals surface area contributed by atoms with E-state index in [-0.39, 0.29) is 11.0 Å². The lowest BCUT2D eigenvalue weighted by Gasteiger charge is -2.25. The smallest absolute Gasteiger partial charge is 0.227 e. The van der Waals surface area contributed by atoms with Crippen LogP contribution in [0.2, 0.25) is 0 Å². The Morgan fingerprint density at radius 3 is 2.32 bits per heavy atom. The SMILES string of the molecule is CCSC(=O)[C@@H](CCc1ccc(N(C)C)cc1)NC(=O)C(C)(C)CS. The van der Waals surface area contributed by atoms with Crippen LogP contribution in [-0.4, -0.2) is 42.7 Å². The molecule has 6 heteroatoms. The minimum atomic E-state index is -0.591. The second-order valence-electron chi connectivity index (χ2n) is 6.92. The normalized spacial score (nSPS) is 12.6. The highest BCUT2D eigenvalue weighted by Crippen LogP contribution is 2.20. The van der Waals surface area contributed by atoms with E-state index < -0.39 is 11.5 Å². The minimum absolute atomic E-state index is 0.0238. The fourth-order valence-electron chi connectivity index (χ4n) is 2.19. The average Bonchev–Trinajstić information content (AvgIpc) is 2.58. The maximum Gasteiger partial charge on any atom is 0.227 e. The van der Waals surface area contributed by atoms with Gasteiger partial charge in [-0.3, -0.25) is 9.59 Å². The summed E-state index contributed by atoms with van der Waals surface area (Å²) in [6.07, 6.45) is 1.34. The summed E-state index contributed by atoms with van der Waals surface area (Å²) < 4.78 is 0. The third-order valence-corrected chi connectivity index (χ3v) is 5.71. The minimum Gasteiger partial charge on any atom is -0.378 e. The van der Waals surface area contributed by atoms with Gasteiger partial charge in [-0.25, -0.2) is 0 Å². The molecule has 0 aliphatic carbocycles. The molecule has 140 valence electrons. The predicted octanol–water partition coefficient (Wildman–Crippen LogP) is 3.41. The highest BCUT2D eigenvalue weighted by molar-refractivity contribution is 8.13. The van der Waals surface area contributed by atoms with Gasteiger partial charge >= 0.3 is 0 Å². The van der Waals surface area contributed by atoms with E-state index in [1.165, 1.54) is 11.8 Å². The fraction of sp³-hybridized carbons (Fsp3) is 0.579. The zero-order chi connectivity index (χ0) is 19.0. The van der Waals surface area contributed by atoms with Gasteiger partial charge in [-0.05, 0) is 36.3 Å². The number of benzene rings is 1. The van der Waals surface area contributed by atoms with Crippen molar-refractivity contribution >= 4 is 41.1 Å². The van der Waals surface area contributed by atoms with Gasteiger partial charge in [0, 0.05) is 25.5 Å². The number of thiol groups is 1. The van der Waals surface area contributed by atoms with Gasteiger partial charge in [0.05, 0.1) is 11.5 Å². The average molecular weight is 383 g/mol. The molecule has 1 amide bonds. The summed E-state index contributed by atoms with van der Waals surface area (Å²) >= 11 is 5.50. The van der Waals surface area contributed by atoms with Gasteiger partial charge in [-0.2, -0.15) is 12.6 Å². The van der Waals surface area contributed by atoms with Crippen LogP contribution < -0.4 is 10.2 Å². The van der Waals surface area contributed by atoms with Crippen LogP contribution in [0.15, 0.2) is 24.3 Å². The van der Waals surface area contributed by atoms with Gasteiger partial charge in [0.1, 0.15) is 0 Å². The second kappa shape index (κ2) is 10.1. The molecule has 0 unspecified atom stereocenters. The third kappa shape index (κ3) is 6.94. The monoisotopic (exact) mass is 382 g/mol. The Morgan fingerprint density at radius 2 is 1.84 bits per heavy atom. The number of carbonyl (C=O) groups is 2. The molecule has 1 rings (SSSR count). The van der Waals surface area contributed by atoms with Crippen LogP contribution in [0, 0.1) is 5.41 Å². The maximum atomic E-state index is 12.4. The molecule has 0 saturated carbocycles. The van der Waals surface area contributed by atoms with Crippen LogP contribution in [0.1, 0.15) is 32.8 Å². The zero-order valence-corrected chi connectivity index (χ0v) is 17.5. The van der Waals surface area contributed by atoms with E-state index in [1.54, 1.807) is 0 Å². The van der Waals surface area contributed by atoms with Crippen LogP contribution in [0.3, 0.4) is 0 Å². The molecule has 1 N–H and O–H groups in total. The maximum absolute atomic E-state index is 12.4. The summed E-state index contributed by atoms with van der Waals surface area (Å²) in [4.78, 5) is 26.8. The summed E-state index contributed by atoms with van der Waals surface area (Å²) in [5, 5.41) is 2.95. The molecule has 0 aliphatic heterocycles. The lowest BCUT2D eigenvalue weighted by Crippen LogP contribution is -2.46. The quantitative estimate of drug-likeness (QED) is 0.643. The van der Waals surface area contributed by atoms with Crippen LogP contribution in [0.5, 0.6) is 0 Å². The van der Waals surface area contributed by atoms with Crippen molar-refractivity contribution in [2.24, 2.45) is 5.41 Å². The first-order valence-corrected chi connectivity index (χ1v) is 10.2. The van der Waals surface area contributed by atoms with E-state index in [1.807, 2.05) is 39.8 Å². The zero-order valence-electron chi connectivity index (χ0n) is 15.8. The van der Waals surface area contributed by atoms with E-state index in [2.05, 4.69) is 42.2 Å². The molecule has 0 fully saturated rings. The van der Waals surface area contributed by atoms with Crippen molar-refractivity contribution in [1.82, 2.24) is 5.32 Å². The highest BCUT2D eigenvalue weighted by Gasteiger charge is 2.30. The standard InChI is InChI=1S/C19H30N2O2S2/c1-6-25-17(22)16(20-18(23)19(2,3)13-24)12-9-14-7-10-15(11-8-14)21(4)5/h7-8,10-11,16,24H,6,9,12-13H2,1-5H3,(H,20,23)/t16-/m1/s1. The number of carbonyl (C=O) groups excluding carboxylic acids is 2. The summed E-state index contributed by atoms with van der Waals surface area (Å²) in [6.45, 7) is 5.62. The first-order valence-electron chi connectivity index (χ1n) is 8.56. The van der Waals surface area contributed by atoms with E-state index in [9.17, 15) is 9.59 Å². The summed E-state index contributed by atoms with van der Waals surface area (Å²) in [5.74, 6) is 1.02. The molecule has 0 saturated heterocycles. The summed E-state index contributed by atoms with van der Waals surface area (Å²) in [5.41, 5.74) is 1.71. The lowest BCUT2D eigenvalue weighted by molar-refractivity contribution is -0.130. The molecule has 1 aromatic carbocycles. The largest absolute Gasteiger partial charge is 0.378 e. The van der Waals surface area contributed by atoms with Gasteiger partial charge in [0.2, 0.25) is 11.0 Å². The highest BCUT2D eigenvalue weighted by atomic mass is 32.2. The first-order chi connectivity index (χ1) is 11.7. The van der Waals surface area contributed by atoms with Crippen molar-refractivity contribution in [1.29, 1.82) is 0 Å². The molecule has 0 aromatic heterocycles. The number of hydrogen-bond acceptors (Lipinski definition) is 5. The first kappa shape index (κ1) is 21.9. The molecule has 1 aromatic rings. The summed E-state index contributed by atoms with van der Waals surface area (Å²) in [7, 11) is 4.01. The lowest BCUT2D eigenvalue weighted by atomic mass is 9.94. The Balaban J connectivity index is 2.76. The number of hydrogen-bond donors (Lipinski definition) is 2. The second-order valence-corrected chi connectivity index (χ2v) is 8.50. The van der Waals surface area contributed by atoms with Crippen LogP contribution in [0.25, 0.3) is 0 Å². The van der Waals surface area contributed by atoms with Gasteiger partial charge in [-0.15, -0.1) is 0 Å². The number of anilines is 1. The van der Waals surface area contributed by atoms with Crippen molar-refractivity contribution in [3.8, 4) is 0 Å². The predicted molar refractivity (Wildman–Crippen MR) is 112 cm³/mol. The van der Waals surface area contributed by atoms with Crippen LogP contribution >= 0.6 is 24.4 Å². The van der Waals surface area contributed by atoms with Crippen molar-refractivity contribution in [3.63, 3.8) is 0 Å². The summed E-state index contributed by atoms with van der Waals surface area (Å²) in [6, 6.07) is 7.81. The van der Waals surface area contributed by atoms with E-state index >= 15 is 0 Å². The number of rotatable bonds is 9. The number of thioether (sulfide) groups is 1. The van der Waals surface area contributed by atoms with Crippen molar-refractivity contribution in [2.75, 3.05) is 30.5 Å². The van der Waals surface area contributed by atoms with E-state index in [0.29, 0.717) is 17.9 Å². The number of nitrogens with zero attached hydrogens (tertiary/aromatic N) is 1. The van der Waals surface area contributed by atoms with Gasteiger partial charge in [0.15, 0.2) is 0 Å². The molecule has 1 atom stereocenters. The topological polar surface area (TPSA) is 49.4 Å². The fourth-order valence-corrected chi connectivity index (χ4v) is 3.00. The van der Waals surface area contributed by atoms with Crippen molar-refractivity contribution < 1.29 is 9.59 Å². The van der Waals surface area contributed by atoms with Crippen LogP contribution in [-0.2, 0) is 16.0 Å². The Morgan fingerprint density at radius 1 is 1.24 bits per heavy atom. The van der Waals surface area contributed by atoms with Crippen LogP contribution in [0.4, 0.5) is 5.69 Å². The molecule has 4 nitrogen and oxygen atoms in total. The molecule has 0 aliphatic rings. The van der Waals surface area contributed by atoms with Crippen molar-refractivity contribution in [2.45, 2.75) is 39.7 Å². The molecule has 0 radical (unpaired) electrons. The Hall–Kier alpha value is -1.14. The molecule has 0 bridgehead atoms. The van der Waals surface area contributed by atoms with E-state index in [0.717, 1.165) is 17.7 Å². The number of aryl methyl sites for hydroxylation is 1. The molecule has 0 spiro atoms. The number of nitrogens with one attached hydrogen (secondary N) is 1. The molecular formula is C19H30N2O2S2. The van der Waals surface area contributed by atoms with Gasteiger partial charge in [0.25, 0.3) is 0 Å². The Kier molecular flexibility index (Phi) is 8.86. The Bertz CT molecular complexity index is 571.